The zero-order valence-corrected chi connectivity index (χ0v) is 9.28. The molecule has 0 saturated heterocycles. The first-order valence-electron chi connectivity index (χ1n) is 5.44. The predicted octanol–water partition coefficient (Wildman–Crippen LogP) is 1.84. The standard InChI is InChI=1S/C12H20N2O/c1-2-6-12(14-13)10-15-9-11-7-4-3-5-8-11/h3-5,7-8,12,14H,2,6,9-10,13H2,1H3. The summed E-state index contributed by atoms with van der Waals surface area (Å²) < 4.78 is 5.58. The first-order valence-corrected chi connectivity index (χ1v) is 5.44. The Kier molecular flexibility index (Phi) is 6.00. The van der Waals surface area contributed by atoms with Gasteiger partial charge in [0.25, 0.3) is 0 Å². The van der Waals surface area contributed by atoms with Gasteiger partial charge in [0.05, 0.1) is 13.2 Å². The van der Waals surface area contributed by atoms with Crippen molar-refractivity contribution in [3.05, 3.63) is 35.9 Å². The molecule has 0 aromatic heterocycles. The molecule has 3 heteroatoms. The second kappa shape index (κ2) is 7.40. The van der Waals surface area contributed by atoms with Gasteiger partial charge in [0.1, 0.15) is 0 Å². The van der Waals surface area contributed by atoms with Gasteiger partial charge < -0.3 is 4.74 Å². The topological polar surface area (TPSA) is 47.3 Å². The SMILES string of the molecule is CCCC(COCc1ccccc1)NN. The van der Waals surface area contributed by atoms with Crippen molar-refractivity contribution < 1.29 is 4.74 Å². The van der Waals surface area contributed by atoms with E-state index >= 15 is 0 Å². The Morgan fingerprint density at radius 3 is 2.67 bits per heavy atom. The number of benzene rings is 1. The van der Waals surface area contributed by atoms with Crippen LogP contribution in [-0.4, -0.2) is 12.6 Å². The van der Waals surface area contributed by atoms with E-state index in [2.05, 4.69) is 24.5 Å². The molecule has 84 valence electrons. The van der Waals surface area contributed by atoms with E-state index in [1.807, 2.05) is 18.2 Å². The van der Waals surface area contributed by atoms with E-state index in [0.29, 0.717) is 13.2 Å². The summed E-state index contributed by atoms with van der Waals surface area (Å²) in [5.41, 5.74) is 3.96. The number of hydrazine groups is 1. The molecule has 1 atom stereocenters. The molecule has 0 radical (unpaired) electrons. The summed E-state index contributed by atoms with van der Waals surface area (Å²) >= 11 is 0. The van der Waals surface area contributed by atoms with Crippen LogP contribution in [0.5, 0.6) is 0 Å². The molecule has 0 spiro atoms. The van der Waals surface area contributed by atoms with Crippen molar-refractivity contribution in [1.82, 2.24) is 5.43 Å². The summed E-state index contributed by atoms with van der Waals surface area (Å²) in [7, 11) is 0. The average Bonchev–Trinajstić information content (AvgIpc) is 2.29. The van der Waals surface area contributed by atoms with Gasteiger partial charge in [-0.3, -0.25) is 11.3 Å². The molecule has 0 aliphatic carbocycles. The van der Waals surface area contributed by atoms with Gasteiger partial charge in [-0.25, -0.2) is 0 Å². The van der Waals surface area contributed by atoms with E-state index in [4.69, 9.17) is 10.6 Å². The summed E-state index contributed by atoms with van der Waals surface area (Å²) in [4.78, 5) is 0. The number of nitrogens with one attached hydrogen (secondary N) is 1. The highest BCUT2D eigenvalue weighted by Crippen LogP contribution is 2.02. The van der Waals surface area contributed by atoms with E-state index in [1.165, 1.54) is 5.56 Å². The Hall–Kier alpha value is -0.900. The maximum Gasteiger partial charge on any atom is 0.0717 e. The summed E-state index contributed by atoms with van der Waals surface area (Å²) in [5.74, 6) is 5.41. The molecule has 0 saturated carbocycles. The van der Waals surface area contributed by atoms with Gasteiger partial charge in [-0.1, -0.05) is 43.7 Å². The Bertz CT molecular complexity index is 251. The molecule has 3 N–H and O–H groups in total. The van der Waals surface area contributed by atoms with Crippen molar-refractivity contribution >= 4 is 0 Å². The molecule has 0 heterocycles. The first-order chi connectivity index (χ1) is 7.36. The zero-order chi connectivity index (χ0) is 10.9. The maximum atomic E-state index is 5.58. The zero-order valence-electron chi connectivity index (χ0n) is 9.28. The number of hydrogen-bond acceptors (Lipinski definition) is 3. The van der Waals surface area contributed by atoms with Gasteiger partial charge >= 0.3 is 0 Å². The van der Waals surface area contributed by atoms with E-state index in [1.54, 1.807) is 0 Å². The molecule has 0 amide bonds. The van der Waals surface area contributed by atoms with Gasteiger partial charge in [0, 0.05) is 6.04 Å². The summed E-state index contributed by atoms with van der Waals surface area (Å²) in [6.07, 6.45) is 2.16. The Labute approximate surface area is 91.6 Å². The lowest BCUT2D eigenvalue weighted by Crippen LogP contribution is -2.38. The lowest BCUT2D eigenvalue weighted by molar-refractivity contribution is 0.0961. The lowest BCUT2D eigenvalue weighted by atomic mass is 10.2. The van der Waals surface area contributed by atoms with Crippen molar-refractivity contribution in [3.8, 4) is 0 Å². The second-order valence-corrected chi connectivity index (χ2v) is 3.65. The molecule has 15 heavy (non-hydrogen) atoms. The fraction of sp³-hybridized carbons (Fsp3) is 0.500. The third-order valence-corrected chi connectivity index (χ3v) is 2.30. The van der Waals surface area contributed by atoms with Crippen molar-refractivity contribution in [2.24, 2.45) is 5.84 Å². The molecular weight excluding hydrogens is 188 g/mol. The summed E-state index contributed by atoms with van der Waals surface area (Å²) in [6.45, 7) is 3.46. The normalized spacial score (nSPS) is 12.7. The molecular formula is C12H20N2O. The smallest absolute Gasteiger partial charge is 0.0717 e. The van der Waals surface area contributed by atoms with Crippen LogP contribution in [0.4, 0.5) is 0 Å². The fourth-order valence-electron chi connectivity index (χ4n) is 1.46. The number of hydrogen-bond donors (Lipinski definition) is 2. The number of nitrogens with two attached hydrogens (primary N) is 1. The largest absolute Gasteiger partial charge is 0.375 e. The minimum Gasteiger partial charge on any atom is -0.375 e. The highest BCUT2D eigenvalue weighted by Gasteiger charge is 2.04. The van der Waals surface area contributed by atoms with Crippen LogP contribution in [0.2, 0.25) is 0 Å². The summed E-state index contributed by atoms with van der Waals surface area (Å²) in [5, 5.41) is 0. The minimum absolute atomic E-state index is 0.263. The predicted molar refractivity (Wildman–Crippen MR) is 62.1 cm³/mol. The van der Waals surface area contributed by atoms with E-state index < -0.39 is 0 Å². The molecule has 0 fully saturated rings. The molecule has 0 bridgehead atoms. The van der Waals surface area contributed by atoms with Gasteiger partial charge in [0.2, 0.25) is 0 Å². The summed E-state index contributed by atoms with van der Waals surface area (Å²) in [6, 6.07) is 10.4. The van der Waals surface area contributed by atoms with Gasteiger partial charge in [-0.05, 0) is 12.0 Å². The van der Waals surface area contributed by atoms with Crippen LogP contribution < -0.4 is 11.3 Å². The molecule has 1 aromatic carbocycles. The Balaban J connectivity index is 2.20. The van der Waals surface area contributed by atoms with Crippen LogP contribution in [0.25, 0.3) is 0 Å². The van der Waals surface area contributed by atoms with Crippen LogP contribution in [0.15, 0.2) is 30.3 Å². The lowest BCUT2D eigenvalue weighted by Gasteiger charge is -2.14. The third kappa shape index (κ3) is 4.93. The first kappa shape index (κ1) is 12.2. The molecule has 1 unspecified atom stereocenters. The van der Waals surface area contributed by atoms with Crippen molar-refractivity contribution in [2.45, 2.75) is 32.4 Å². The number of ether oxygens (including phenoxy) is 1. The molecule has 0 aliphatic rings. The fourth-order valence-corrected chi connectivity index (χ4v) is 1.46. The number of rotatable bonds is 7. The van der Waals surface area contributed by atoms with Crippen LogP contribution in [0, 0.1) is 0 Å². The van der Waals surface area contributed by atoms with Gasteiger partial charge in [-0.15, -0.1) is 0 Å². The quantitative estimate of drug-likeness (QED) is 0.531. The van der Waals surface area contributed by atoms with E-state index in [0.717, 1.165) is 12.8 Å². The Morgan fingerprint density at radius 2 is 2.07 bits per heavy atom. The highest BCUT2D eigenvalue weighted by molar-refractivity contribution is 5.13. The third-order valence-electron chi connectivity index (χ3n) is 2.30. The van der Waals surface area contributed by atoms with E-state index in [-0.39, 0.29) is 6.04 Å². The second-order valence-electron chi connectivity index (χ2n) is 3.65. The molecule has 3 nitrogen and oxygen atoms in total. The van der Waals surface area contributed by atoms with Crippen LogP contribution in [0.3, 0.4) is 0 Å². The minimum atomic E-state index is 0.263. The van der Waals surface area contributed by atoms with Gasteiger partial charge in [-0.2, -0.15) is 0 Å². The van der Waals surface area contributed by atoms with Crippen molar-refractivity contribution in [2.75, 3.05) is 6.61 Å². The van der Waals surface area contributed by atoms with Crippen LogP contribution in [0.1, 0.15) is 25.3 Å². The van der Waals surface area contributed by atoms with E-state index in [9.17, 15) is 0 Å². The molecule has 0 aliphatic heterocycles. The molecule has 1 aromatic rings. The highest BCUT2D eigenvalue weighted by atomic mass is 16.5. The van der Waals surface area contributed by atoms with Crippen LogP contribution >= 0.6 is 0 Å². The monoisotopic (exact) mass is 208 g/mol. The maximum absolute atomic E-state index is 5.58. The van der Waals surface area contributed by atoms with Gasteiger partial charge in [0.15, 0.2) is 0 Å². The van der Waals surface area contributed by atoms with Crippen molar-refractivity contribution in [1.29, 1.82) is 0 Å². The molecule has 1 rings (SSSR count). The van der Waals surface area contributed by atoms with Crippen LogP contribution in [-0.2, 0) is 11.3 Å². The average molecular weight is 208 g/mol. The van der Waals surface area contributed by atoms with Crippen molar-refractivity contribution in [3.63, 3.8) is 0 Å². The Morgan fingerprint density at radius 1 is 1.33 bits per heavy atom.